The number of nitrogens with zero attached hydrogens (tertiary/aromatic N) is 3. The number of aromatic nitrogens is 3. The number of nitrogens with one attached hydrogen (secondary N) is 1. The Labute approximate surface area is 192 Å². The van der Waals surface area contributed by atoms with Gasteiger partial charge >= 0.3 is 5.97 Å². The molecular formula is C20H21ClN4O4S2. The second kappa shape index (κ2) is 9.71. The third kappa shape index (κ3) is 4.86. The zero-order chi connectivity index (χ0) is 22.7. The Morgan fingerprint density at radius 3 is 2.68 bits per heavy atom. The molecule has 2 aromatic heterocycles. The second-order valence-corrected chi connectivity index (χ2v) is 9.13. The number of hydrogen-bond acceptors (Lipinski definition) is 8. The summed E-state index contributed by atoms with van der Waals surface area (Å²) in [5.74, 6) is 0.544. The van der Waals surface area contributed by atoms with Crippen molar-refractivity contribution in [3.8, 4) is 17.1 Å². The number of rotatable bonds is 7. The minimum absolute atomic E-state index is 0.0925. The van der Waals surface area contributed by atoms with Crippen LogP contribution in [0.3, 0.4) is 0 Å². The summed E-state index contributed by atoms with van der Waals surface area (Å²) in [6.07, 6.45) is 0. The van der Waals surface area contributed by atoms with Crippen LogP contribution in [0.2, 0.25) is 5.02 Å². The monoisotopic (exact) mass is 480 g/mol. The van der Waals surface area contributed by atoms with Gasteiger partial charge in [0, 0.05) is 16.9 Å². The smallest absolute Gasteiger partial charge is 0.341 e. The lowest BCUT2D eigenvalue weighted by Crippen LogP contribution is -2.16. The highest BCUT2D eigenvalue weighted by molar-refractivity contribution is 7.99. The van der Waals surface area contributed by atoms with Gasteiger partial charge in [-0.2, -0.15) is 0 Å². The Kier molecular flexibility index (Phi) is 7.24. The fourth-order valence-corrected chi connectivity index (χ4v) is 4.83. The third-order valence-corrected chi connectivity index (χ3v) is 6.98. The van der Waals surface area contributed by atoms with Crippen molar-refractivity contribution in [1.82, 2.24) is 14.8 Å². The van der Waals surface area contributed by atoms with Crippen LogP contribution in [0.4, 0.5) is 5.00 Å². The number of halogens is 1. The van der Waals surface area contributed by atoms with Crippen LogP contribution in [0, 0.1) is 13.8 Å². The van der Waals surface area contributed by atoms with E-state index in [0.29, 0.717) is 37.9 Å². The van der Waals surface area contributed by atoms with Crippen molar-refractivity contribution in [1.29, 1.82) is 0 Å². The SMILES string of the molecule is COC(=O)c1c(NC(=O)CSc2nnc(-c3cc(Cl)ccc3OC)n2C)sc(C)c1C. The van der Waals surface area contributed by atoms with Crippen molar-refractivity contribution in [3.63, 3.8) is 0 Å². The summed E-state index contributed by atoms with van der Waals surface area (Å²) in [6, 6.07) is 5.24. The number of carbonyl (C=O) groups is 2. The van der Waals surface area contributed by atoms with Gasteiger partial charge in [0.05, 0.1) is 31.1 Å². The molecule has 0 spiro atoms. The van der Waals surface area contributed by atoms with Crippen molar-refractivity contribution >= 4 is 51.6 Å². The number of thioether (sulfide) groups is 1. The fourth-order valence-electron chi connectivity index (χ4n) is 2.89. The van der Waals surface area contributed by atoms with Gasteiger partial charge in [-0.05, 0) is 37.6 Å². The van der Waals surface area contributed by atoms with Gasteiger partial charge < -0.3 is 19.4 Å². The number of anilines is 1. The van der Waals surface area contributed by atoms with Crippen LogP contribution in [0.5, 0.6) is 5.75 Å². The van der Waals surface area contributed by atoms with E-state index in [1.54, 1.807) is 36.9 Å². The predicted octanol–water partition coefficient (Wildman–Crippen LogP) is 4.34. The second-order valence-electron chi connectivity index (χ2n) is 6.53. The van der Waals surface area contributed by atoms with Crippen molar-refractivity contribution in [3.05, 3.63) is 39.2 Å². The lowest BCUT2D eigenvalue weighted by atomic mass is 10.1. The molecule has 0 fully saturated rings. The molecule has 1 aromatic carbocycles. The topological polar surface area (TPSA) is 95.3 Å². The van der Waals surface area contributed by atoms with E-state index in [1.165, 1.54) is 30.2 Å². The van der Waals surface area contributed by atoms with Crippen molar-refractivity contribution in [2.24, 2.45) is 7.05 Å². The molecule has 11 heteroatoms. The summed E-state index contributed by atoms with van der Waals surface area (Å²) in [7, 11) is 4.69. The van der Waals surface area contributed by atoms with E-state index in [0.717, 1.165) is 10.4 Å². The fraction of sp³-hybridized carbons (Fsp3) is 0.300. The first kappa shape index (κ1) is 23.1. The summed E-state index contributed by atoms with van der Waals surface area (Å²) in [5, 5.41) is 12.8. The zero-order valence-corrected chi connectivity index (χ0v) is 20.0. The molecule has 0 aliphatic carbocycles. The minimum atomic E-state index is -0.474. The maximum absolute atomic E-state index is 12.5. The van der Waals surface area contributed by atoms with Gasteiger partial charge in [0.1, 0.15) is 10.8 Å². The van der Waals surface area contributed by atoms with E-state index >= 15 is 0 Å². The molecule has 3 rings (SSSR count). The standard InChI is InChI=1S/C20H21ClN4O4S2/c1-10-11(2)31-18(16(10)19(27)29-5)22-15(26)9-30-20-24-23-17(25(20)3)13-8-12(21)6-7-14(13)28-4/h6-8H,9H2,1-5H3,(H,22,26). The van der Waals surface area contributed by atoms with Crippen LogP contribution >= 0.6 is 34.7 Å². The van der Waals surface area contributed by atoms with Crippen LogP contribution in [-0.4, -0.2) is 46.6 Å². The van der Waals surface area contributed by atoms with Crippen molar-refractivity contribution in [2.45, 2.75) is 19.0 Å². The molecule has 0 atom stereocenters. The van der Waals surface area contributed by atoms with Crippen LogP contribution in [0.25, 0.3) is 11.4 Å². The Bertz CT molecular complexity index is 1140. The molecule has 31 heavy (non-hydrogen) atoms. The van der Waals surface area contributed by atoms with Gasteiger partial charge in [-0.25, -0.2) is 4.79 Å². The lowest BCUT2D eigenvalue weighted by Gasteiger charge is -2.09. The van der Waals surface area contributed by atoms with E-state index in [1.807, 2.05) is 13.8 Å². The minimum Gasteiger partial charge on any atom is -0.496 e. The maximum Gasteiger partial charge on any atom is 0.341 e. The zero-order valence-electron chi connectivity index (χ0n) is 17.6. The Morgan fingerprint density at radius 1 is 1.26 bits per heavy atom. The molecule has 0 saturated heterocycles. The highest BCUT2D eigenvalue weighted by Crippen LogP contribution is 2.34. The van der Waals surface area contributed by atoms with Gasteiger partial charge in [-0.15, -0.1) is 21.5 Å². The third-order valence-electron chi connectivity index (χ3n) is 4.60. The molecule has 1 amide bonds. The van der Waals surface area contributed by atoms with E-state index in [2.05, 4.69) is 15.5 Å². The number of esters is 1. The quantitative estimate of drug-likeness (QED) is 0.397. The van der Waals surface area contributed by atoms with Gasteiger partial charge in [-0.1, -0.05) is 23.4 Å². The number of methoxy groups -OCH3 is 2. The number of amides is 1. The number of aryl methyl sites for hydroxylation is 1. The molecule has 164 valence electrons. The van der Waals surface area contributed by atoms with E-state index < -0.39 is 5.97 Å². The van der Waals surface area contributed by atoms with Crippen molar-refractivity contribution < 1.29 is 19.1 Å². The summed E-state index contributed by atoms with van der Waals surface area (Å²) in [5.41, 5.74) is 1.89. The average molecular weight is 481 g/mol. The number of ether oxygens (including phenoxy) is 2. The molecule has 1 N–H and O–H groups in total. The highest BCUT2D eigenvalue weighted by Gasteiger charge is 2.22. The molecule has 0 saturated carbocycles. The Hall–Kier alpha value is -2.56. The number of hydrogen-bond donors (Lipinski definition) is 1. The molecule has 0 bridgehead atoms. The molecule has 0 unspecified atom stereocenters. The van der Waals surface area contributed by atoms with Crippen LogP contribution in [0.1, 0.15) is 20.8 Å². The Balaban J connectivity index is 1.74. The molecule has 0 radical (unpaired) electrons. The Morgan fingerprint density at radius 2 is 2.00 bits per heavy atom. The first-order valence-electron chi connectivity index (χ1n) is 9.11. The predicted molar refractivity (Wildman–Crippen MR) is 122 cm³/mol. The number of carbonyl (C=O) groups excluding carboxylic acids is 2. The summed E-state index contributed by atoms with van der Waals surface area (Å²) in [6.45, 7) is 3.72. The number of benzene rings is 1. The largest absolute Gasteiger partial charge is 0.496 e. The van der Waals surface area contributed by atoms with E-state index in [9.17, 15) is 9.59 Å². The molecule has 0 aliphatic rings. The average Bonchev–Trinajstić information content (AvgIpc) is 3.24. The van der Waals surface area contributed by atoms with Gasteiger partial charge in [0.2, 0.25) is 5.91 Å². The van der Waals surface area contributed by atoms with Crippen LogP contribution < -0.4 is 10.1 Å². The van der Waals surface area contributed by atoms with Gasteiger partial charge in [-0.3, -0.25) is 4.79 Å². The lowest BCUT2D eigenvalue weighted by molar-refractivity contribution is -0.113. The first-order valence-corrected chi connectivity index (χ1v) is 11.3. The first-order chi connectivity index (χ1) is 14.8. The van der Waals surface area contributed by atoms with E-state index in [4.69, 9.17) is 21.1 Å². The van der Waals surface area contributed by atoms with E-state index in [-0.39, 0.29) is 11.7 Å². The number of thiophene rings is 1. The molecule has 3 aromatic rings. The molecule has 2 heterocycles. The van der Waals surface area contributed by atoms with Crippen LogP contribution in [-0.2, 0) is 16.6 Å². The van der Waals surface area contributed by atoms with Crippen molar-refractivity contribution in [2.75, 3.05) is 25.3 Å². The normalized spacial score (nSPS) is 10.8. The molecular weight excluding hydrogens is 460 g/mol. The molecule has 0 aliphatic heterocycles. The van der Waals surface area contributed by atoms with Gasteiger partial charge in [0.15, 0.2) is 11.0 Å². The summed E-state index contributed by atoms with van der Waals surface area (Å²) < 4.78 is 12.0. The van der Waals surface area contributed by atoms with Crippen LogP contribution in [0.15, 0.2) is 23.4 Å². The highest BCUT2D eigenvalue weighted by atomic mass is 35.5. The van der Waals surface area contributed by atoms with Gasteiger partial charge in [0.25, 0.3) is 0 Å². The molecule has 8 nitrogen and oxygen atoms in total. The maximum atomic E-state index is 12.5. The summed E-state index contributed by atoms with van der Waals surface area (Å²) >= 11 is 8.69. The summed E-state index contributed by atoms with van der Waals surface area (Å²) in [4.78, 5) is 25.5.